The fourth-order valence-electron chi connectivity index (χ4n) is 3.51. The summed E-state index contributed by atoms with van der Waals surface area (Å²) < 4.78 is 5.08. The number of hydrogen-bond acceptors (Lipinski definition) is 8. The minimum Gasteiger partial charge on any atom is -0.466 e. The van der Waals surface area contributed by atoms with Crippen LogP contribution in [0.15, 0.2) is 34.6 Å². The van der Waals surface area contributed by atoms with E-state index in [0.29, 0.717) is 17.7 Å². The Bertz CT molecular complexity index is 761. The summed E-state index contributed by atoms with van der Waals surface area (Å²) in [5, 5.41) is 9.60. The number of ether oxygens (including phenoxy) is 1. The Morgan fingerprint density at radius 3 is 2.39 bits per heavy atom. The lowest BCUT2D eigenvalue weighted by molar-refractivity contribution is -0.149. The zero-order chi connectivity index (χ0) is 20.1. The molecule has 1 N–H and O–H groups in total. The van der Waals surface area contributed by atoms with Gasteiger partial charge in [0.1, 0.15) is 6.42 Å². The van der Waals surface area contributed by atoms with Crippen LogP contribution in [0.5, 0.6) is 0 Å². The highest BCUT2D eigenvalue weighted by atomic mass is 16.5. The first-order valence-electron chi connectivity index (χ1n) is 9.64. The molecule has 9 nitrogen and oxygen atoms in total. The van der Waals surface area contributed by atoms with Crippen LogP contribution < -0.4 is 5.53 Å². The molecule has 0 radical (unpaired) electrons. The Morgan fingerprint density at radius 2 is 1.79 bits per heavy atom. The molecule has 1 aromatic carbocycles. The maximum absolute atomic E-state index is 13.1. The lowest BCUT2D eigenvalue weighted by atomic mass is 10.1. The summed E-state index contributed by atoms with van der Waals surface area (Å²) >= 11 is 0. The number of amides is 2. The van der Waals surface area contributed by atoms with Crippen molar-refractivity contribution in [1.82, 2.24) is 15.4 Å². The first-order valence-corrected chi connectivity index (χ1v) is 9.64. The number of nitrogens with zero attached hydrogens (tertiary/aromatic N) is 4. The third-order valence-corrected chi connectivity index (χ3v) is 4.88. The molecule has 0 aromatic heterocycles. The van der Waals surface area contributed by atoms with E-state index in [1.54, 1.807) is 36.2 Å². The summed E-state index contributed by atoms with van der Waals surface area (Å²) in [6.45, 7) is 4.48. The smallest absolute Gasteiger partial charge is 0.311 e. The van der Waals surface area contributed by atoms with Crippen molar-refractivity contribution in [3.8, 4) is 0 Å². The maximum atomic E-state index is 13.1. The molecule has 0 saturated carbocycles. The van der Waals surface area contributed by atoms with Crippen molar-refractivity contribution in [3.63, 3.8) is 0 Å². The zero-order valence-electron chi connectivity index (χ0n) is 16.2. The largest absolute Gasteiger partial charge is 0.466 e. The summed E-state index contributed by atoms with van der Waals surface area (Å²) in [5.74, 6) is -3.12. The molecule has 0 bridgehead atoms. The molecular weight excluding hydrogens is 362 g/mol. The predicted molar refractivity (Wildman–Crippen MR) is 99.8 cm³/mol. The number of esters is 1. The van der Waals surface area contributed by atoms with E-state index in [2.05, 4.69) is 22.8 Å². The number of imide groups is 1. The van der Waals surface area contributed by atoms with Gasteiger partial charge in [-0.2, -0.15) is 5.01 Å². The fraction of sp³-hybridized carbons (Fsp3) is 0.526. The van der Waals surface area contributed by atoms with Crippen molar-refractivity contribution in [2.24, 2.45) is 10.3 Å². The van der Waals surface area contributed by atoms with Gasteiger partial charge in [0, 0.05) is 6.54 Å². The molecule has 2 heterocycles. The number of hydrogen-bond donors (Lipinski definition) is 1. The lowest BCUT2D eigenvalue weighted by Gasteiger charge is -2.38. The number of benzene rings is 1. The Morgan fingerprint density at radius 1 is 1.11 bits per heavy atom. The summed E-state index contributed by atoms with van der Waals surface area (Å²) in [5.41, 5.74) is 3.34. The van der Waals surface area contributed by atoms with Crippen LogP contribution in [-0.4, -0.2) is 46.6 Å². The van der Waals surface area contributed by atoms with Crippen LogP contribution in [0.25, 0.3) is 0 Å². The van der Waals surface area contributed by atoms with Gasteiger partial charge in [0.25, 0.3) is 11.8 Å². The van der Waals surface area contributed by atoms with Gasteiger partial charge in [-0.25, -0.2) is 10.4 Å². The van der Waals surface area contributed by atoms with Gasteiger partial charge in [-0.1, -0.05) is 43.5 Å². The van der Waals surface area contributed by atoms with Crippen LogP contribution >= 0.6 is 0 Å². The topological polar surface area (TPSA) is 104 Å². The van der Waals surface area contributed by atoms with E-state index < -0.39 is 23.6 Å². The number of fused-ring (bicyclic) bond motifs is 1. The van der Waals surface area contributed by atoms with Crippen LogP contribution in [0.4, 0.5) is 0 Å². The minimum atomic E-state index is -1.58. The molecule has 9 heteroatoms. The van der Waals surface area contributed by atoms with E-state index in [1.807, 2.05) is 0 Å². The molecule has 150 valence electrons. The van der Waals surface area contributed by atoms with Gasteiger partial charge < -0.3 is 4.74 Å². The molecule has 1 aromatic rings. The lowest BCUT2D eigenvalue weighted by Crippen LogP contribution is -2.62. The van der Waals surface area contributed by atoms with Crippen molar-refractivity contribution < 1.29 is 19.1 Å². The van der Waals surface area contributed by atoms with Gasteiger partial charge in [-0.05, 0) is 25.5 Å². The van der Waals surface area contributed by atoms with Crippen molar-refractivity contribution in [2.45, 2.75) is 51.7 Å². The van der Waals surface area contributed by atoms with E-state index in [0.717, 1.165) is 30.6 Å². The molecule has 28 heavy (non-hydrogen) atoms. The summed E-state index contributed by atoms with van der Waals surface area (Å²) in [6, 6.07) is 6.59. The molecule has 2 aliphatic rings. The molecule has 0 fully saturated rings. The highest BCUT2D eigenvalue weighted by Crippen LogP contribution is 2.37. The van der Waals surface area contributed by atoms with Crippen LogP contribution in [-0.2, 0) is 9.53 Å². The number of rotatable bonds is 9. The maximum Gasteiger partial charge on any atom is 0.311 e. The first-order chi connectivity index (χ1) is 13.5. The van der Waals surface area contributed by atoms with E-state index >= 15 is 0 Å². The molecule has 2 aliphatic heterocycles. The van der Waals surface area contributed by atoms with Crippen LogP contribution in [0.1, 0.15) is 66.7 Å². The molecule has 3 rings (SSSR count). The standard InChI is InChI=1S/C19H25N5O4/c1-3-5-6-9-12-23-19(20-21-22-23,13-16(25)28-4-2)24-17(26)14-10-7-8-11-15(14)18(24)27/h7-8,10-11H,3-6,9,12-13H2,1-2H3,(H,20,22). The molecular formula is C19H25N5O4. The second-order valence-electron chi connectivity index (χ2n) is 6.76. The van der Waals surface area contributed by atoms with Crippen molar-refractivity contribution in [1.29, 1.82) is 0 Å². The van der Waals surface area contributed by atoms with Gasteiger partial charge in [-0.15, -0.1) is 5.11 Å². The van der Waals surface area contributed by atoms with E-state index in [-0.39, 0.29) is 13.0 Å². The van der Waals surface area contributed by atoms with Gasteiger partial charge in [-0.3, -0.25) is 14.4 Å². The number of carbonyl (C=O) groups excluding carboxylic acids is 3. The summed E-state index contributed by atoms with van der Waals surface area (Å²) in [7, 11) is 0. The number of hydrazine groups is 1. The summed E-state index contributed by atoms with van der Waals surface area (Å²) in [6.07, 6.45) is 3.64. The zero-order valence-corrected chi connectivity index (χ0v) is 16.2. The van der Waals surface area contributed by atoms with Crippen LogP contribution in [0, 0.1) is 0 Å². The third kappa shape index (κ3) is 3.49. The monoisotopic (exact) mass is 387 g/mol. The first kappa shape index (κ1) is 19.9. The highest BCUT2D eigenvalue weighted by Gasteiger charge is 2.56. The Kier molecular flexibility index (Phi) is 6.03. The van der Waals surface area contributed by atoms with E-state index in [9.17, 15) is 14.4 Å². The Labute approximate surface area is 163 Å². The molecule has 2 amide bonds. The second kappa shape index (κ2) is 8.47. The van der Waals surface area contributed by atoms with Crippen LogP contribution in [0.3, 0.4) is 0 Å². The van der Waals surface area contributed by atoms with Crippen molar-refractivity contribution in [3.05, 3.63) is 35.4 Å². The molecule has 1 atom stereocenters. The Hall–Kier alpha value is -2.81. The Balaban J connectivity index is 1.93. The van der Waals surface area contributed by atoms with E-state index in [1.165, 1.54) is 0 Å². The SMILES string of the molecule is CCCCCCN1NN=NC1(CC(=O)OCC)N1C(=O)c2ccccc2C1=O. The van der Waals surface area contributed by atoms with Gasteiger partial charge in [0.05, 0.1) is 17.7 Å². The van der Waals surface area contributed by atoms with E-state index in [4.69, 9.17) is 4.74 Å². The van der Waals surface area contributed by atoms with Crippen LogP contribution in [0.2, 0.25) is 0 Å². The number of unbranched alkanes of at least 4 members (excludes halogenated alkanes) is 3. The molecule has 0 aliphatic carbocycles. The fourth-order valence-corrected chi connectivity index (χ4v) is 3.51. The normalized spacial score (nSPS) is 21.1. The predicted octanol–water partition coefficient (Wildman–Crippen LogP) is 2.66. The van der Waals surface area contributed by atoms with Crippen molar-refractivity contribution in [2.75, 3.05) is 13.2 Å². The third-order valence-electron chi connectivity index (χ3n) is 4.88. The summed E-state index contributed by atoms with van der Waals surface area (Å²) in [4.78, 5) is 39.5. The minimum absolute atomic E-state index is 0.193. The number of nitrogens with one attached hydrogen (secondary N) is 1. The van der Waals surface area contributed by atoms with Gasteiger partial charge >= 0.3 is 5.97 Å². The molecule has 0 saturated heterocycles. The molecule has 0 spiro atoms. The average molecular weight is 387 g/mol. The average Bonchev–Trinajstić information content (AvgIpc) is 3.19. The number of carbonyl (C=O) groups is 3. The molecule has 1 unspecified atom stereocenters. The van der Waals surface area contributed by atoms with Crippen molar-refractivity contribution >= 4 is 17.8 Å². The quantitative estimate of drug-likeness (QED) is 0.397. The van der Waals surface area contributed by atoms with Gasteiger partial charge in [0.2, 0.25) is 5.79 Å². The second-order valence-corrected chi connectivity index (χ2v) is 6.76. The van der Waals surface area contributed by atoms with Gasteiger partial charge in [0.15, 0.2) is 0 Å². The highest BCUT2D eigenvalue weighted by molar-refractivity contribution is 6.22.